The van der Waals surface area contributed by atoms with E-state index in [0.29, 0.717) is 19.6 Å². The second kappa shape index (κ2) is 6.35. The fourth-order valence-corrected chi connectivity index (χ4v) is 2.11. The lowest BCUT2D eigenvalue weighted by Crippen LogP contribution is -2.30. The topological polar surface area (TPSA) is 58.2 Å². The van der Waals surface area contributed by atoms with Gasteiger partial charge in [-0.2, -0.15) is 0 Å². The van der Waals surface area contributed by atoms with Crippen molar-refractivity contribution in [1.82, 2.24) is 10.0 Å². The third-order valence-corrected chi connectivity index (χ3v) is 3.25. The Balaban J connectivity index is 2.32. The maximum absolute atomic E-state index is 10.8. The highest BCUT2D eigenvalue weighted by Gasteiger charge is 2.00. The van der Waals surface area contributed by atoms with Crippen LogP contribution >= 0.6 is 11.6 Å². The van der Waals surface area contributed by atoms with Crippen LogP contribution in [-0.4, -0.2) is 27.8 Å². The quantitative estimate of drug-likeness (QED) is 0.770. The minimum atomic E-state index is -3.09. The summed E-state index contributed by atoms with van der Waals surface area (Å²) in [6.07, 6.45) is 1.15. The van der Waals surface area contributed by atoms with Crippen LogP contribution in [0.5, 0.6) is 0 Å². The van der Waals surface area contributed by atoms with Gasteiger partial charge in [-0.25, -0.2) is 13.1 Å². The molecule has 4 nitrogen and oxygen atoms in total. The molecule has 1 aromatic rings. The van der Waals surface area contributed by atoms with Crippen molar-refractivity contribution in [3.8, 4) is 0 Å². The molecular weight excluding hydrogens is 260 g/mol. The first kappa shape index (κ1) is 14.4. The molecule has 0 fully saturated rings. The van der Waals surface area contributed by atoms with Gasteiger partial charge in [-0.3, -0.25) is 0 Å². The molecule has 96 valence electrons. The number of benzene rings is 1. The molecule has 1 rings (SSSR count). The maximum atomic E-state index is 10.8. The zero-order valence-corrected chi connectivity index (χ0v) is 11.5. The Kier molecular flexibility index (Phi) is 5.39. The van der Waals surface area contributed by atoms with Crippen molar-refractivity contribution < 1.29 is 8.42 Å². The molecular formula is C11H17ClN2O2S. The van der Waals surface area contributed by atoms with Crippen LogP contribution in [0.3, 0.4) is 0 Å². The number of halogens is 1. The molecule has 0 atom stereocenters. The molecule has 0 heterocycles. The molecule has 2 N–H and O–H groups in total. The predicted molar refractivity (Wildman–Crippen MR) is 70.7 cm³/mol. The van der Waals surface area contributed by atoms with E-state index >= 15 is 0 Å². The van der Waals surface area contributed by atoms with Crippen LogP contribution in [0.15, 0.2) is 18.2 Å². The van der Waals surface area contributed by atoms with E-state index in [4.69, 9.17) is 11.6 Å². The Bertz CT molecular complexity index is 474. The second-order valence-electron chi connectivity index (χ2n) is 3.91. The number of hydrogen-bond acceptors (Lipinski definition) is 3. The number of hydrogen-bond donors (Lipinski definition) is 2. The largest absolute Gasteiger partial charge is 0.311 e. The van der Waals surface area contributed by atoms with Crippen LogP contribution in [0.2, 0.25) is 5.02 Å². The summed E-state index contributed by atoms with van der Waals surface area (Å²) in [5.41, 5.74) is 2.29. The summed E-state index contributed by atoms with van der Waals surface area (Å²) in [6, 6.07) is 5.72. The summed E-state index contributed by atoms with van der Waals surface area (Å²) in [4.78, 5) is 0. The first-order valence-corrected chi connectivity index (χ1v) is 7.56. The molecule has 0 amide bonds. The van der Waals surface area contributed by atoms with Crippen molar-refractivity contribution in [2.75, 3.05) is 19.3 Å². The van der Waals surface area contributed by atoms with Crippen LogP contribution in [-0.2, 0) is 16.6 Å². The summed E-state index contributed by atoms with van der Waals surface area (Å²) in [6.45, 7) is 3.69. The highest BCUT2D eigenvalue weighted by atomic mass is 35.5. The summed E-state index contributed by atoms with van der Waals surface area (Å²) < 4.78 is 24.0. The normalized spacial score (nSPS) is 11.7. The number of aryl methyl sites for hydroxylation is 1. The minimum Gasteiger partial charge on any atom is -0.311 e. The van der Waals surface area contributed by atoms with Crippen molar-refractivity contribution >= 4 is 21.6 Å². The first-order chi connectivity index (χ1) is 7.88. The van der Waals surface area contributed by atoms with E-state index in [0.717, 1.165) is 22.4 Å². The van der Waals surface area contributed by atoms with Crippen LogP contribution in [0.4, 0.5) is 0 Å². The molecule has 1 aromatic carbocycles. The Labute approximate surface area is 107 Å². The molecule has 0 bridgehead atoms. The van der Waals surface area contributed by atoms with Gasteiger partial charge >= 0.3 is 0 Å². The Morgan fingerprint density at radius 2 is 2.00 bits per heavy atom. The van der Waals surface area contributed by atoms with E-state index in [1.807, 2.05) is 25.1 Å². The van der Waals surface area contributed by atoms with Crippen LogP contribution < -0.4 is 10.0 Å². The Morgan fingerprint density at radius 3 is 2.59 bits per heavy atom. The zero-order valence-electron chi connectivity index (χ0n) is 9.96. The first-order valence-electron chi connectivity index (χ1n) is 5.29. The van der Waals surface area contributed by atoms with E-state index in [1.54, 1.807) is 0 Å². The monoisotopic (exact) mass is 276 g/mol. The van der Waals surface area contributed by atoms with E-state index in [2.05, 4.69) is 10.0 Å². The second-order valence-corrected chi connectivity index (χ2v) is 6.18. The average molecular weight is 277 g/mol. The standard InChI is InChI=1S/C11H17ClN2O2S/c1-9-7-11(12)4-3-10(9)8-13-5-6-14-17(2,15)16/h3-4,7,13-14H,5-6,8H2,1-2H3. The highest BCUT2D eigenvalue weighted by Crippen LogP contribution is 2.14. The fraction of sp³-hybridized carbons (Fsp3) is 0.455. The van der Waals surface area contributed by atoms with E-state index in [9.17, 15) is 8.42 Å². The Morgan fingerprint density at radius 1 is 1.29 bits per heavy atom. The van der Waals surface area contributed by atoms with Gasteiger partial charge in [0.05, 0.1) is 6.26 Å². The summed E-state index contributed by atoms with van der Waals surface area (Å²) in [5, 5.41) is 3.89. The molecule has 0 aromatic heterocycles. The SMILES string of the molecule is Cc1cc(Cl)ccc1CNCCNS(C)(=O)=O. The molecule has 0 aliphatic heterocycles. The van der Waals surface area contributed by atoms with Crippen LogP contribution in [0.1, 0.15) is 11.1 Å². The maximum Gasteiger partial charge on any atom is 0.208 e. The molecule has 0 saturated heterocycles. The summed E-state index contributed by atoms with van der Waals surface area (Å²) in [7, 11) is -3.09. The Hall–Kier alpha value is -0.620. The number of rotatable bonds is 6. The van der Waals surface area contributed by atoms with Gasteiger partial charge in [0.15, 0.2) is 0 Å². The summed E-state index contributed by atoms with van der Waals surface area (Å²) in [5.74, 6) is 0. The molecule has 17 heavy (non-hydrogen) atoms. The van der Waals surface area contributed by atoms with Gasteiger partial charge in [-0.05, 0) is 30.2 Å². The molecule has 0 unspecified atom stereocenters. The van der Waals surface area contributed by atoms with Crippen molar-refractivity contribution in [2.45, 2.75) is 13.5 Å². The smallest absolute Gasteiger partial charge is 0.208 e. The lowest BCUT2D eigenvalue weighted by Gasteiger charge is -2.08. The molecule has 0 saturated carbocycles. The van der Waals surface area contributed by atoms with Gasteiger partial charge in [0.2, 0.25) is 10.0 Å². The van der Waals surface area contributed by atoms with Gasteiger partial charge in [-0.15, -0.1) is 0 Å². The highest BCUT2D eigenvalue weighted by molar-refractivity contribution is 7.88. The van der Waals surface area contributed by atoms with Crippen molar-refractivity contribution in [3.63, 3.8) is 0 Å². The molecule has 0 aliphatic rings. The van der Waals surface area contributed by atoms with Gasteiger partial charge in [-0.1, -0.05) is 17.7 Å². The van der Waals surface area contributed by atoms with Crippen LogP contribution in [0.25, 0.3) is 0 Å². The van der Waals surface area contributed by atoms with Gasteiger partial charge in [0, 0.05) is 24.7 Å². The van der Waals surface area contributed by atoms with Gasteiger partial charge < -0.3 is 5.32 Å². The lowest BCUT2D eigenvalue weighted by molar-refractivity contribution is 0.581. The number of sulfonamides is 1. The third-order valence-electron chi connectivity index (χ3n) is 2.29. The number of nitrogens with one attached hydrogen (secondary N) is 2. The van der Waals surface area contributed by atoms with E-state index in [-0.39, 0.29) is 0 Å². The van der Waals surface area contributed by atoms with Crippen molar-refractivity contribution in [2.24, 2.45) is 0 Å². The fourth-order valence-electron chi connectivity index (χ4n) is 1.41. The average Bonchev–Trinajstić information content (AvgIpc) is 2.18. The predicted octanol–water partition coefficient (Wildman–Crippen LogP) is 1.29. The van der Waals surface area contributed by atoms with E-state index < -0.39 is 10.0 Å². The zero-order chi connectivity index (χ0) is 12.9. The molecule has 0 aliphatic carbocycles. The molecule has 0 spiro atoms. The van der Waals surface area contributed by atoms with Gasteiger partial charge in [0.25, 0.3) is 0 Å². The minimum absolute atomic E-state index is 0.394. The van der Waals surface area contributed by atoms with Gasteiger partial charge in [0.1, 0.15) is 0 Å². The van der Waals surface area contributed by atoms with Crippen molar-refractivity contribution in [3.05, 3.63) is 34.3 Å². The third kappa shape index (κ3) is 6.02. The van der Waals surface area contributed by atoms with E-state index in [1.165, 1.54) is 0 Å². The molecule has 6 heteroatoms. The lowest BCUT2D eigenvalue weighted by atomic mass is 10.1. The van der Waals surface area contributed by atoms with Crippen LogP contribution in [0, 0.1) is 6.92 Å². The molecule has 0 radical (unpaired) electrons. The summed E-state index contributed by atoms with van der Waals surface area (Å²) >= 11 is 5.85. The van der Waals surface area contributed by atoms with Crippen molar-refractivity contribution in [1.29, 1.82) is 0 Å².